The molecule has 0 aliphatic carbocycles. The SMILES string of the molecule is CCOC(=O)Cc1nnn(C(C)Cc2ccccc2)n1. The Morgan fingerprint density at radius 2 is 2.10 bits per heavy atom. The topological polar surface area (TPSA) is 69.9 Å². The summed E-state index contributed by atoms with van der Waals surface area (Å²) in [7, 11) is 0. The van der Waals surface area contributed by atoms with E-state index in [-0.39, 0.29) is 18.4 Å². The molecule has 0 bridgehead atoms. The zero-order valence-electron chi connectivity index (χ0n) is 11.7. The minimum absolute atomic E-state index is 0.0614. The number of benzene rings is 1. The summed E-state index contributed by atoms with van der Waals surface area (Å²) in [5.74, 6) is 0.0612. The highest BCUT2D eigenvalue weighted by Gasteiger charge is 2.13. The Hall–Kier alpha value is -2.24. The van der Waals surface area contributed by atoms with E-state index < -0.39 is 0 Å². The molecule has 0 aliphatic heterocycles. The van der Waals surface area contributed by atoms with E-state index >= 15 is 0 Å². The third-order valence-corrected chi connectivity index (χ3v) is 2.85. The Morgan fingerprint density at radius 3 is 2.80 bits per heavy atom. The first kappa shape index (κ1) is 14.2. The van der Waals surface area contributed by atoms with Gasteiger partial charge in [0.1, 0.15) is 6.42 Å². The van der Waals surface area contributed by atoms with E-state index in [2.05, 4.69) is 27.5 Å². The summed E-state index contributed by atoms with van der Waals surface area (Å²) in [4.78, 5) is 12.9. The van der Waals surface area contributed by atoms with Crippen molar-refractivity contribution >= 4 is 5.97 Å². The third kappa shape index (κ3) is 3.88. The van der Waals surface area contributed by atoms with Gasteiger partial charge < -0.3 is 4.74 Å². The smallest absolute Gasteiger partial charge is 0.313 e. The second kappa shape index (κ2) is 6.79. The fourth-order valence-corrected chi connectivity index (χ4v) is 1.89. The average Bonchev–Trinajstić information content (AvgIpc) is 2.88. The van der Waals surface area contributed by atoms with Crippen LogP contribution in [0.25, 0.3) is 0 Å². The van der Waals surface area contributed by atoms with Crippen LogP contribution in [0.15, 0.2) is 30.3 Å². The van der Waals surface area contributed by atoms with Crippen LogP contribution in [0, 0.1) is 0 Å². The lowest BCUT2D eigenvalue weighted by atomic mass is 10.1. The molecule has 1 atom stereocenters. The number of esters is 1. The van der Waals surface area contributed by atoms with E-state index in [1.165, 1.54) is 5.56 Å². The van der Waals surface area contributed by atoms with Gasteiger partial charge in [0, 0.05) is 0 Å². The summed E-state index contributed by atoms with van der Waals surface area (Å²) in [5, 5.41) is 12.1. The summed E-state index contributed by atoms with van der Waals surface area (Å²) in [6.45, 7) is 4.14. The minimum Gasteiger partial charge on any atom is -0.466 e. The van der Waals surface area contributed by atoms with Gasteiger partial charge in [-0.3, -0.25) is 4.79 Å². The Morgan fingerprint density at radius 1 is 1.35 bits per heavy atom. The van der Waals surface area contributed by atoms with Crippen molar-refractivity contribution < 1.29 is 9.53 Å². The first-order chi connectivity index (χ1) is 9.69. The van der Waals surface area contributed by atoms with Gasteiger partial charge >= 0.3 is 5.97 Å². The van der Waals surface area contributed by atoms with E-state index in [1.54, 1.807) is 11.7 Å². The molecular formula is C14H18N4O2. The van der Waals surface area contributed by atoms with Gasteiger partial charge in [0.15, 0.2) is 5.82 Å². The maximum atomic E-state index is 11.3. The van der Waals surface area contributed by atoms with Crippen LogP contribution in [0.2, 0.25) is 0 Å². The van der Waals surface area contributed by atoms with Crippen molar-refractivity contribution in [2.75, 3.05) is 6.61 Å². The molecule has 0 radical (unpaired) electrons. The number of rotatable bonds is 6. The third-order valence-electron chi connectivity index (χ3n) is 2.85. The summed E-state index contributed by atoms with van der Waals surface area (Å²) in [6, 6.07) is 10.2. The molecule has 2 rings (SSSR count). The van der Waals surface area contributed by atoms with Gasteiger partial charge in [-0.1, -0.05) is 30.3 Å². The first-order valence-electron chi connectivity index (χ1n) is 6.67. The number of nitrogens with zero attached hydrogens (tertiary/aromatic N) is 4. The summed E-state index contributed by atoms with van der Waals surface area (Å²) in [5.41, 5.74) is 1.21. The van der Waals surface area contributed by atoms with E-state index in [1.807, 2.05) is 25.1 Å². The second-order valence-corrected chi connectivity index (χ2v) is 4.55. The number of hydrogen-bond acceptors (Lipinski definition) is 5. The van der Waals surface area contributed by atoms with Crippen LogP contribution in [0.3, 0.4) is 0 Å². The van der Waals surface area contributed by atoms with Crippen LogP contribution in [-0.2, 0) is 22.4 Å². The van der Waals surface area contributed by atoms with E-state index in [9.17, 15) is 4.79 Å². The molecule has 6 heteroatoms. The normalized spacial score (nSPS) is 12.1. The zero-order valence-corrected chi connectivity index (χ0v) is 11.7. The fourth-order valence-electron chi connectivity index (χ4n) is 1.89. The summed E-state index contributed by atoms with van der Waals surface area (Å²) < 4.78 is 4.86. The maximum absolute atomic E-state index is 11.3. The molecular weight excluding hydrogens is 256 g/mol. The minimum atomic E-state index is -0.331. The number of ether oxygens (including phenoxy) is 1. The predicted molar refractivity (Wildman–Crippen MR) is 73.0 cm³/mol. The highest BCUT2D eigenvalue weighted by atomic mass is 16.5. The highest BCUT2D eigenvalue weighted by Crippen LogP contribution is 2.11. The molecule has 0 aliphatic rings. The zero-order chi connectivity index (χ0) is 14.4. The Balaban J connectivity index is 1.96. The van der Waals surface area contributed by atoms with Gasteiger partial charge in [-0.25, -0.2) is 0 Å². The van der Waals surface area contributed by atoms with Gasteiger partial charge in [0.05, 0.1) is 12.6 Å². The molecule has 1 heterocycles. The van der Waals surface area contributed by atoms with Crippen molar-refractivity contribution in [1.29, 1.82) is 0 Å². The average molecular weight is 274 g/mol. The number of tetrazole rings is 1. The summed E-state index contributed by atoms with van der Waals surface area (Å²) in [6.07, 6.45) is 0.877. The first-order valence-corrected chi connectivity index (χ1v) is 6.67. The molecule has 20 heavy (non-hydrogen) atoms. The molecule has 106 valence electrons. The van der Waals surface area contributed by atoms with E-state index in [0.717, 1.165) is 6.42 Å². The molecule has 0 fully saturated rings. The van der Waals surface area contributed by atoms with Crippen LogP contribution in [0.4, 0.5) is 0 Å². The van der Waals surface area contributed by atoms with Crippen molar-refractivity contribution in [2.24, 2.45) is 0 Å². The summed E-state index contributed by atoms with van der Waals surface area (Å²) >= 11 is 0. The van der Waals surface area contributed by atoms with E-state index in [4.69, 9.17) is 4.74 Å². The Kier molecular flexibility index (Phi) is 4.81. The molecule has 0 N–H and O–H groups in total. The molecule has 0 spiro atoms. The fraction of sp³-hybridized carbons (Fsp3) is 0.429. The van der Waals surface area contributed by atoms with Gasteiger partial charge in [-0.2, -0.15) is 4.80 Å². The highest BCUT2D eigenvalue weighted by molar-refractivity contribution is 5.71. The van der Waals surface area contributed by atoms with Crippen molar-refractivity contribution in [2.45, 2.75) is 32.7 Å². The molecule has 1 unspecified atom stereocenters. The van der Waals surface area contributed by atoms with Crippen molar-refractivity contribution in [3.63, 3.8) is 0 Å². The van der Waals surface area contributed by atoms with Crippen LogP contribution in [0.1, 0.15) is 31.3 Å². The molecule has 1 aromatic heterocycles. The van der Waals surface area contributed by atoms with Gasteiger partial charge in [-0.15, -0.1) is 10.2 Å². The van der Waals surface area contributed by atoms with Crippen LogP contribution in [0.5, 0.6) is 0 Å². The molecule has 6 nitrogen and oxygen atoms in total. The number of carbonyl (C=O) groups excluding carboxylic acids is 1. The Labute approximate surface area is 117 Å². The van der Waals surface area contributed by atoms with Crippen LogP contribution in [-0.4, -0.2) is 32.8 Å². The van der Waals surface area contributed by atoms with Crippen LogP contribution < -0.4 is 0 Å². The predicted octanol–water partition coefficient (Wildman–Crippen LogP) is 1.58. The second-order valence-electron chi connectivity index (χ2n) is 4.55. The van der Waals surface area contributed by atoms with E-state index in [0.29, 0.717) is 12.4 Å². The standard InChI is InChI=1S/C14H18N4O2/c1-3-20-14(19)10-13-15-17-18(16-13)11(2)9-12-7-5-4-6-8-12/h4-8,11H,3,9-10H2,1-2H3. The molecule has 0 saturated heterocycles. The lowest BCUT2D eigenvalue weighted by Crippen LogP contribution is -2.13. The largest absolute Gasteiger partial charge is 0.466 e. The molecule has 0 saturated carbocycles. The number of aromatic nitrogens is 4. The molecule has 0 amide bonds. The van der Waals surface area contributed by atoms with Crippen LogP contribution >= 0.6 is 0 Å². The van der Waals surface area contributed by atoms with Gasteiger partial charge in [0.25, 0.3) is 0 Å². The number of carbonyl (C=O) groups is 1. The van der Waals surface area contributed by atoms with Crippen molar-refractivity contribution in [1.82, 2.24) is 20.2 Å². The lowest BCUT2D eigenvalue weighted by molar-refractivity contribution is -0.142. The number of hydrogen-bond donors (Lipinski definition) is 0. The van der Waals surface area contributed by atoms with Crippen molar-refractivity contribution in [3.8, 4) is 0 Å². The quantitative estimate of drug-likeness (QED) is 0.748. The molecule has 2 aromatic rings. The monoisotopic (exact) mass is 274 g/mol. The maximum Gasteiger partial charge on any atom is 0.313 e. The van der Waals surface area contributed by atoms with Crippen molar-refractivity contribution in [3.05, 3.63) is 41.7 Å². The Bertz CT molecular complexity index is 553. The van der Waals surface area contributed by atoms with Gasteiger partial charge in [0.2, 0.25) is 0 Å². The van der Waals surface area contributed by atoms with Gasteiger partial charge in [-0.05, 0) is 31.0 Å². The lowest BCUT2D eigenvalue weighted by Gasteiger charge is -2.09. The molecule has 1 aromatic carbocycles.